The fourth-order valence-electron chi connectivity index (χ4n) is 1.99. The number of nitro benzene ring substituents is 1. The number of nitro groups is 1. The SMILES string of the molecule is Cc1ccc(O[C@H](C)C(=O)Nc2ccc(C#N)cc2)c([N+](=O)[O-])c1. The van der Waals surface area contributed by atoms with Crippen molar-refractivity contribution < 1.29 is 14.5 Å². The Morgan fingerprint density at radius 2 is 1.96 bits per heavy atom. The number of nitrogens with zero attached hydrogens (tertiary/aromatic N) is 2. The highest BCUT2D eigenvalue weighted by Crippen LogP contribution is 2.28. The molecule has 0 saturated heterocycles. The molecule has 1 amide bonds. The Morgan fingerprint density at radius 3 is 2.54 bits per heavy atom. The average molecular weight is 325 g/mol. The van der Waals surface area contributed by atoms with Crippen LogP contribution in [0.15, 0.2) is 42.5 Å². The average Bonchev–Trinajstić information content (AvgIpc) is 2.56. The molecule has 0 fully saturated rings. The van der Waals surface area contributed by atoms with Crippen molar-refractivity contribution in [1.82, 2.24) is 0 Å². The van der Waals surface area contributed by atoms with Gasteiger partial charge in [-0.2, -0.15) is 5.26 Å². The first-order chi connectivity index (χ1) is 11.4. The number of carbonyl (C=O) groups excluding carboxylic acids is 1. The van der Waals surface area contributed by atoms with Crippen molar-refractivity contribution in [3.05, 3.63) is 63.7 Å². The number of anilines is 1. The summed E-state index contributed by atoms with van der Waals surface area (Å²) in [5, 5.41) is 22.4. The lowest BCUT2D eigenvalue weighted by Crippen LogP contribution is -2.30. The van der Waals surface area contributed by atoms with Gasteiger partial charge in [0.1, 0.15) is 0 Å². The van der Waals surface area contributed by atoms with Crippen LogP contribution in [0.5, 0.6) is 5.75 Å². The van der Waals surface area contributed by atoms with Crippen molar-refractivity contribution in [2.45, 2.75) is 20.0 Å². The smallest absolute Gasteiger partial charge is 0.311 e. The number of benzene rings is 2. The number of aryl methyl sites for hydroxylation is 1. The molecule has 0 aliphatic rings. The minimum absolute atomic E-state index is 0.0353. The molecule has 0 aromatic heterocycles. The number of hydrogen-bond donors (Lipinski definition) is 1. The van der Waals surface area contributed by atoms with Crippen LogP contribution in [-0.2, 0) is 4.79 Å². The lowest BCUT2D eigenvalue weighted by Gasteiger charge is -2.15. The maximum absolute atomic E-state index is 12.1. The van der Waals surface area contributed by atoms with E-state index in [1.54, 1.807) is 37.3 Å². The van der Waals surface area contributed by atoms with Gasteiger partial charge in [0.15, 0.2) is 11.9 Å². The molecule has 0 heterocycles. The van der Waals surface area contributed by atoms with Crippen LogP contribution in [0.25, 0.3) is 0 Å². The standard InChI is InChI=1S/C17H15N3O4/c1-11-3-8-16(15(9-11)20(22)23)24-12(2)17(21)19-14-6-4-13(10-18)5-7-14/h3-9,12H,1-2H3,(H,19,21)/t12-/m1/s1. The van der Waals surface area contributed by atoms with Crippen LogP contribution in [0, 0.1) is 28.4 Å². The van der Waals surface area contributed by atoms with E-state index in [1.165, 1.54) is 19.1 Å². The molecule has 0 aliphatic heterocycles. The third kappa shape index (κ3) is 4.08. The first kappa shape index (κ1) is 17.0. The van der Waals surface area contributed by atoms with Gasteiger partial charge in [0.05, 0.1) is 16.6 Å². The highest BCUT2D eigenvalue weighted by molar-refractivity contribution is 5.94. The first-order valence-corrected chi connectivity index (χ1v) is 7.13. The van der Waals surface area contributed by atoms with E-state index >= 15 is 0 Å². The highest BCUT2D eigenvalue weighted by Gasteiger charge is 2.21. The van der Waals surface area contributed by atoms with Crippen molar-refractivity contribution >= 4 is 17.3 Å². The van der Waals surface area contributed by atoms with Gasteiger partial charge in [-0.1, -0.05) is 6.07 Å². The largest absolute Gasteiger partial charge is 0.474 e. The number of nitrogens with one attached hydrogen (secondary N) is 1. The van der Waals surface area contributed by atoms with Gasteiger partial charge in [0, 0.05) is 11.8 Å². The summed E-state index contributed by atoms with van der Waals surface area (Å²) in [5.74, 6) is -0.414. The number of ether oxygens (including phenoxy) is 1. The zero-order valence-electron chi connectivity index (χ0n) is 13.1. The molecular formula is C17H15N3O4. The van der Waals surface area contributed by atoms with Gasteiger partial charge in [-0.05, 0) is 49.7 Å². The monoisotopic (exact) mass is 325 g/mol. The lowest BCUT2D eigenvalue weighted by atomic mass is 10.2. The molecule has 1 N–H and O–H groups in total. The van der Waals surface area contributed by atoms with E-state index in [2.05, 4.69) is 5.32 Å². The summed E-state index contributed by atoms with van der Waals surface area (Å²) < 4.78 is 5.43. The van der Waals surface area contributed by atoms with Gasteiger partial charge in [-0.25, -0.2) is 0 Å². The normalized spacial score (nSPS) is 11.2. The predicted molar refractivity (Wildman–Crippen MR) is 87.7 cm³/mol. The number of carbonyl (C=O) groups is 1. The Balaban J connectivity index is 2.09. The Labute approximate surface area is 138 Å². The maximum atomic E-state index is 12.1. The molecule has 0 spiro atoms. The molecule has 2 rings (SSSR count). The van der Waals surface area contributed by atoms with Crippen molar-refractivity contribution in [2.24, 2.45) is 0 Å². The molecule has 122 valence electrons. The molecule has 0 radical (unpaired) electrons. The zero-order valence-corrected chi connectivity index (χ0v) is 13.1. The Bertz CT molecular complexity index is 810. The van der Waals surface area contributed by atoms with E-state index in [0.717, 1.165) is 5.56 Å². The molecule has 2 aromatic carbocycles. The third-order valence-corrected chi connectivity index (χ3v) is 3.27. The molecule has 0 saturated carbocycles. The molecule has 0 aliphatic carbocycles. The minimum Gasteiger partial charge on any atom is -0.474 e. The first-order valence-electron chi connectivity index (χ1n) is 7.13. The van der Waals surface area contributed by atoms with E-state index in [4.69, 9.17) is 10.00 Å². The second kappa shape index (κ2) is 7.24. The second-order valence-corrected chi connectivity index (χ2v) is 5.17. The fraction of sp³-hybridized carbons (Fsp3) is 0.176. The third-order valence-electron chi connectivity index (χ3n) is 3.27. The van der Waals surface area contributed by atoms with Gasteiger partial charge < -0.3 is 10.1 Å². The second-order valence-electron chi connectivity index (χ2n) is 5.17. The number of nitriles is 1. The van der Waals surface area contributed by atoms with Crippen molar-refractivity contribution in [3.63, 3.8) is 0 Å². The molecular weight excluding hydrogens is 310 g/mol. The predicted octanol–water partition coefficient (Wildman–Crippen LogP) is 3.18. The summed E-state index contributed by atoms with van der Waals surface area (Å²) in [7, 11) is 0. The van der Waals surface area contributed by atoms with Gasteiger partial charge in [-0.15, -0.1) is 0 Å². The van der Waals surface area contributed by atoms with E-state index in [1.807, 2.05) is 6.07 Å². The topological polar surface area (TPSA) is 105 Å². The van der Waals surface area contributed by atoms with Crippen LogP contribution in [0.1, 0.15) is 18.1 Å². The van der Waals surface area contributed by atoms with Crippen LogP contribution in [0.3, 0.4) is 0 Å². The molecule has 2 aromatic rings. The lowest BCUT2D eigenvalue weighted by molar-refractivity contribution is -0.386. The van der Waals surface area contributed by atoms with E-state index < -0.39 is 16.9 Å². The van der Waals surface area contributed by atoms with Gasteiger partial charge in [0.2, 0.25) is 0 Å². The van der Waals surface area contributed by atoms with E-state index in [9.17, 15) is 14.9 Å². The number of amides is 1. The summed E-state index contributed by atoms with van der Waals surface area (Å²) >= 11 is 0. The van der Waals surface area contributed by atoms with E-state index in [-0.39, 0.29) is 11.4 Å². The molecule has 7 heteroatoms. The van der Waals surface area contributed by atoms with Crippen LogP contribution in [0.2, 0.25) is 0 Å². The van der Waals surface area contributed by atoms with Gasteiger partial charge >= 0.3 is 5.69 Å². The van der Waals surface area contributed by atoms with Crippen molar-refractivity contribution in [3.8, 4) is 11.8 Å². The Kier molecular flexibility index (Phi) is 5.12. The zero-order chi connectivity index (χ0) is 17.7. The fourth-order valence-corrected chi connectivity index (χ4v) is 1.99. The summed E-state index contributed by atoms with van der Waals surface area (Å²) in [6.45, 7) is 3.24. The molecule has 1 atom stereocenters. The van der Waals surface area contributed by atoms with E-state index in [0.29, 0.717) is 11.3 Å². The Morgan fingerprint density at radius 1 is 1.29 bits per heavy atom. The van der Waals surface area contributed by atoms with Crippen molar-refractivity contribution in [1.29, 1.82) is 5.26 Å². The van der Waals surface area contributed by atoms with Gasteiger partial charge in [-0.3, -0.25) is 14.9 Å². The summed E-state index contributed by atoms with van der Waals surface area (Å²) in [6.07, 6.45) is -0.929. The summed E-state index contributed by atoms with van der Waals surface area (Å²) in [4.78, 5) is 22.7. The summed E-state index contributed by atoms with van der Waals surface area (Å²) in [6, 6.07) is 12.9. The quantitative estimate of drug-likeness (QED) is 0.671. The molecule has 7 nitrogen and oxygen atoms in total. The molecule has 0 unspecified atom stereocenters. The minimum atomic E-state index is -0.929. The Hall–Kier alpha value is -3.40. The van der Waals surface area contributed by atoms with Gasteiger partial charge in [0.25, 0.3) is 5.91 Å². The summed E-state index contributed by atoms with van der Waals surface area (Å²) in [5.41, 5.74) is 1.53. The number of rotatable bonds is 5. The van der Waals surface area contributed by atoms with Crippen LogP contribution in [0.4, 0.5) is 11.4 Å². The molecule has 24 heavy (non-hydrogen) atoms. The number of hydrogen-bond acceptors (Lipinski definition) is 5. The van der Waals surface area contributed by atoms with Crippen LogP contribution >= 0.6 is 0 Å². The maximum Gasteiger partial charge on any atom is 0.311 e. The van der Waals surface area contributed by atoms with Crippen molar-refractivity contribution in [2.75, 3.05) is 5.32 Å². The molecule has 0 bridgehead atoms. The highest BCUT2D eigenvalue weighted by atomic mass is 16.6. The van der Waals surface area contributed by atoms with Crippen LogP contribution < -0.4 is 10.1 Å². The van der Waals surface area contributed by atoms with Crippen LogP contribution in [-0.4, -0.2) is 16.9 Å².